The maximum Gasteiger partial charge on any atom is 0.333 e. The molecule has 196 valence electrons. The average Bonchev–Trinajstić information content (AvgIpc) is 3.56. The van der Waals surface area contributed by atoms with Gasteiger partial charge in [-0.1, -0.05) is 26.8 Å². The van der Waals surface area contributed by atoms with Crippen molar-refractivity contribution < 1.29 is 42.9 Å². The minimum Gasteiger partial charge on any atom is -0.472 e. The maximum atomic E-state index is 14.0. The third-order valence-corrected chi connectivity index (χ3v) is 10.1. The molecule has 0 aromatic carbocycles. The van der Waals surface area contributed by atoms with E-state index in [4.69, 9.17) is 23.4 Å². The van der Waals surface area contributed by atoms with Crippen LogP contribution in [0.15, 0.2) is 34.7 Å². The molecule has 2 aliphatic carbocycles. The van der Waals surface area contributed by atoms with Gasteiger partial charge in [0.2, 0.25) is 0 Å². The number of carbonyl (C=O) groups is 3. The monoisotopic (exact) mass is 502 g/mol. The lowest BCUT2D eigenvalue weighted by molar-refractivity contribution is -0.281. The van der Waals surface area contributed by atoms with Gasteiger partial charge in [0.15, 0.2) is 6.29 Å². The number of furan rings is 1. The fourth-order valence-corrected chi connectivity index (χ4v) is 7.74. The van der Waals surface area contributed by atoms with Gasteiger partial charge < -0.3 is 28.5 Å². The number of rotatable bonds is 4. The predicted molar refractivity (Wildman–Crippen MR) is 124 cm³/mol. The summed E-state index contributed by atoms with van der Waals surface area (Å²) in [5.41, 5.74) is -3.30. The summed E-state index contributed by atoms with van der Waals surface area (Å²) in [5.74, 6) is -2.23. The highest BCUT2D eigenvalue weighted by atomic mass is 16.6. The van der Waals surface area contributed by atoms with Crippen LogP contribution in [0.3, 0.4) is 0 Å². The SMILES string of the molecule is CC=C(C)C(=O)O[C@H]1[C@@H](OC(C)=O)[C@@]2(C)[C@@]3(CC[C@@]2(C)[C@@H](O)O3)[C@@]2(C[C@H](c3ccoc3)OC2=O)[C@@H]1C. The lowest BCUT2D eigenvalue weighted by Crippen LogP contribution is -2.73. The number of allylic oxidation sites excluding steroid dienone is 1. The van der Waals surface area contributed by atoms with Gasteiger partial charge in [0, 0.05) is 41.2 Å². The fourth-order valence-electron chi connectivity index (χ4n) is 7.74. The van der Waals surface area contributed by atoms with Crippen LogP contribution in [0.25, 0.3) is 0 Å². The Labute approximate surface area is 210 Å². The fraction of sp³-hybridized carbons (Fsp3) is 0.667. The van der Waals surface area contributed by atoms with Gasteiger partial charge >= 0.3 is 17.9 Å². The van der Waals surface area contributed by atoms with Crippen LogP contribution in [-0.4, -0.2) is 47.1 Å². The predicted octanol–water partition coefficient (Wildman–Crippen LogP) is 3.61. The van der Waals surface area contributed by atoms with Crippen molar-refractivity contribution in [1.82, 2.24) is 0 Å². The highest BCUT2D eigenvalue weighted by Crippen LogP contribution is 2.79. The number of ether oxygens (including phenoxy) is 4. The number of cyclic esters (lactones) is 1. The van der Waals surface area contributed by atoms with Crippen molar-refractivity contribution in [3.8, 4) is 0 Å². The summed E-state index contributed by atoms with van der Waals surface area (Å²) in [4.78, 5) is 39.4. The Morgan fingerprint density at radius 1 is 1.19 bits per heavy atom. The Bertz CT molecular complexity index is 1120. The summed E-state index contributed by atoms with van der Waals surface area (Å²) < 4.78 is 29.6. The first-order chi connectivity index (χ1) is 16.9. The van der Waals surface area contributed by atoms with Gasteiger partial charge in [-0.2, -0.15) is 0 Å². The van der Waals surface area contributed by atoms with E-state index in [0.29, 0.717) is 24.0 Å². The summed E-state index contributed by atoms with van der Waals surface area (Å²) in [5, 5.41) is 11.2. The number of esters is 3. The van der Waals surface area contributed by atoms with E-state index in [1.165, 1.54) is 13.2 Å². The Morgan fingerprint density at radius 3 is 2.50 bits per heavy atom. The van der Waals surface area contributed by atoms with Crippen LogP contribution in [0.2, 0.25) is 0 Å². The molecule has 9 atom stereocenters. The highest BCUT2D eigenvalue weighted by Gasteiger charge is 2.89. The van der Waals surface area contributed by atoms with Crippen LogP contribution in [0, 0.1) is 22.2 Å². The van der Waals surface area contributed by atoms with Crippen molar-refractivity contribution in [1.29, 1.82) is 0 Å². The first-order valence-corrected chi connectivity index (χ1v) is 12.5. The number of carbonyl (C=O) groups excluding carboxylic acids is 3. The molecule has 9 heteroatoms. The third kappa shape index (κ3) is 2.76. The number of aliphatic hydroxyl groups excluding tert-OH is 1. The standard InChI is InChI=1S/C27H34O9/c1-7-14(2)21(29)35-19-15(3)26(12-18(34-23(26)31)17-8-11-32-13-17)27-10-9-24(5,22(30)36-27)25(27,6)20(19)33-16(4)28/h7-8,11,13,15,18-20,22,30H,9-10,12H2,1-6H3/t15-,18-,19-,20-,22+,24+,25-,26+,27+/m1/s1. The number of aliphatic hydroxyl groups is 1. The zero-order chi connectivity index (χ0) is 26.3. The van der Waals surface area contributed by atoms with Crippen LogP contribution in [0.5, 0.6) is 0 Å². The molecule has 5 rings (SSSR count). The normalized spacial score (nSPS) is 45.5. The molecule has 4 aliphatic rings. The van der Waals surface area contributed by atoms with E-state index in [0.717, 1.165) is 0 Å². The van der Waals surface area contributed by atoms with Crippen LogP contribution >= 0.6 is 0 Å². The minimum absolute atomic E-state index is 0.244. The zero-order valence-electron chi connectivity index (χ0n) is 21.5. The molecular formula is C27H34O9. The summed E-state index contributed by atoms with van der Waals surface area (Å²) in [6, 6.07) is 1.75. The topological polar surface area (TPSA) is 122 Å². The molecule has 2 aliphatic heterocycles. The molecule has 1 N–H and O–H groups in total. The zero-order valence-corrected chi connectivity index (χ0v) is 21.5. The molecule has 2 saturated carbocycles. The second-order valence-corrected chi connectivity index (χ2v) is 11.2. The van der Waals surface area contributed by atoms with E-state index in [1.54, 1.807) is 32.3 Å². The number of hydrogen-bond acceptors (Lipinski definition) is 9. The lowest BCUT2D eigenvalue weighted by atomic mass is 9.44. The van der Waals surface area contributed by atoms with Gasteiger partial charge in [-0.15, -0.1) is 0 Å². The van der Waals surface area contributed by atoms with Crippen LogP contribution in [-0.2, 0) is 33.3 Å². The molecule has 0 unspecified atom stereocenters. The third-order valence-electron chi connectivity index (χ3n) is 10.1. The first-order valence-electron chi connectivity index (χ1n) is 12.5. The summed E-state index contributed by atoms with van der Waals surface area (Å²) in [6.45, 7) is 10.3. The summed E-state index contributed by atoms with van der Waals surface area (Å²) in [7, 11) is 0. The van der Waals surface area contributed by atoms with Crippen molar-refractivity contribution in [3.63, 3.8) is 0 Å². The van der Waals surface area contributed by atoms with E-state index < -0.39 is 70.3 Å². The van der Waals surface area contributed by atoms with E-state index in [1.807, 2.05) is 20.8 Å². The van der Waals surface area contributed by atoms with Gasteiger partial charge in [-0.3, -0.25) is 9.59 Å². The highest BCUT2D eigenvalue weighted by molar-refractivity contribution is 5.88. The molecule has 3 heterocycles. The molecule has 1 aromatic rings. The van der Waals surface area contributed by atoms with Crippen molar-refractivity contribution in [2.24, 2.45) is 22.2 Å². The van der Waals surface area contributed by atoms with Gasteiger partial charge in [-0.25, -0.2) is 4.79 Å². The van der Waals surface area contributed by atoms with E-state index in [-0.39, 0.29) is 6.42 Å². The summed E-state index contributed by atoms with van der Waals surface area (Å²) >= 11 is 0. The Balaban J connectivity index is 1.72. The van der Waals surface area contributed by atoms with Crippen LogP contribution in [0.4, 0.5) is 0 Å². The van der Waals surface area contributed by atoms with Crippen molar-refractivity contribution in [2.75, 3.05) is 0 Å². The van der Waals surface area contributed by atoms with Crippen LogP contribution in [0.1, 0.15) is 72.5 Å². The maximum absolute atomic E-state index is 14.0. The molecule has 9 nitrogen and oxygen atoms in total. The van der Waals surface area contributed by atoms with Crippen molar-refractivity contribution in [2.45, 2.75) is 91.0 Å². The Hall–Kier alpha value is -2.65. The van der Waals surface area contributed by atoms with Crippen molar-refractivity contribution >= 4 is 17.9 Å². The smallest absolute Gasteiger partial charge is 0.333 e. The molecule has 1 spiro atoms. The molecule has 36 heavy (non-hydrogen) atoms. The molecular weight excluding hydrogens is 468 g/mol. The quantitative estimate of drug-likeness (QED) is 0.374. The molecule has 4 fully saturated rings. The molecule has 0 radical (unpaired) electrons. The van der Waals surface area contributed by atoms with Gasteiger partial charge in [0.05, 0.1) is 18.1 Å². The lowest BCUT2D eigenvalue weighted by Gasteiger charge is -2.61. The molecule has 1 aromatic heterocycles. The van der Waals surface area contributed by atoms with E-state index >= 15 is 0 Å². The van der Waals surface area contributed by atoms with Crippen molar-refractivity contribution in [3.05, 3.63) is 35.8 Å². The molecule has 0 amide bonds. The van der Waals surface area contributed by atoms with Gasteiger partial charge in [-0.05, 0) is 32.8 Å². The van der Waals surface area contributed by atoms with Gasteiger partial charge in [0.25, 0.3) is 0 Å². The second kappa shape index (κ2) is 7.92. The van der Waals surface area contributed by atoms with Gasteiger partial charge in [0.1, 0.15) is 23.7 Å². The first kappa shape index (κ1) is 25.0. The van der Waals surface area contributed by atoms with Crippen LogP contribution < -0.4 is 0 Å². The minimum atomic E-state index is -1.27. The largest absolute Gasteiger partial charge is 0.472 e. The number of hydrogen-bond donors (Lipinski definition) is 1. The average molecular weight is 503 g/mol. The second-order valence-electron chi connectivity index (χ2n) is 11.2. The summed E-state index contributed by atoms with van der Waals surface area (Å²) in [6.07, 6.45) is 2.22. The molecule has 2 saturated heterocycles. The van der Waals surface area contributed by atoms with E-state index in [9.17, 15) is 19.5 Å². The Kier molecular flexibility index (Phi) is 5.51. The molecule has 2 bridgehead atoms. The Morgan fingerprint density at radius 2 is 1.92 bits per heavy atom. The van der Waals surface area contributed by atoms with E-state index in [2.05, 4.69) is 0 Å².